The molecule has 2 aliphatic rings. The molecule has 1 aliphatic heterocycles. The van der Waals surface area contributed by atoms with Gasteiger partial charge in [-0.05, 0) is 30.9 Å². The molecular formula is C15H23N3O. The Morgan fingerprint density at radius 3 is 2.58 bits per heavy atom. The molecule has 0 bridgehead atoms. The number of benzene rings is 1. The number of rotatable bonds is 4. The van der Waals surface area contributed by atoms with Gasteiger partial charge in [0.1, 0.15) is 5.75 Å². The summed E-state index contributed by atoms with van der Waals surface area (Å²) in [5.41, 5.74) is 7.79. The molecule has 1 saturated carbocycles. The third-order valence-corrected chi connectivity index (χ3v) is 4.17. The van der Waals surface area contributed by atoms with Crippen LogP contribution < -0.4 is 15.4 Å². The molecule has 19 heavy (non-hydrogen) atoms. The van der Waals surface area contributed by atoms with Gasteiger partial charge in [0, 0.05) is 44.5 Å². The van der Waals surface area contributed by atoms with E-state index in [9.17, 15) is 0 Å². The van der Waals surface area contributed by atoms with Crippen molar-refractivity contribution in [3.8, 4) is 5.75 Å². The standard InChI is InChI=1S/C15H23N3O/c1-19-15-10-13(4-5-14(15)16)18-8-6-17(7-9-18)11-12-2-3-12/h4-5,10,12H,2-3,6-9,11,16H2,1H3. The summed E-state index contributed by atoms with van der Waals surface area (Å²) < 4.78 is 5.30. The number of nitrogens with zero attached hydrogens (tertiary/aromatic N) is 2. The highest BCUT2D eigenvalue weighted by Gasteiger charge is 2.26. The summed E-state index contributed by atoms with van der Waals surface area (Å²) in [5, 5.41) is 0. The molecule has 2 N–H and O–H groups in total. The Hall–Kier alpha value is -1.42. The zero-order valence-electron chi connectivity index (χ0n) is 11.6. The smallest absolute Gasteiger partial charge is 0.143 e. The van der Waals surface area contributed by atoms with Gasteiger partial charge >= 0.3 is 0 Å². The molecule has 3 rings (SSSR count). The predicted molar refractivity (Wildman–Crippen MR) is 78.8 cm³/mol. The topological polar surface area (TPSA) is 41.7 Å². The van der Waals surface area contributed by atoms with E-state index in [1.807, 2.05) is 12.1 Å². The summed E-state index contributed by atoms with van der Waals surface area (Å²) in [4.78, 5) is 5.02. The van der Waals surface area contributed by atoms with Gasteiger partial charge in [0.25, 0.3) is 0 Å². The molecule has 1 aromatic rings. The van der Waals surface area contributed by atoms with Crippen molar-refractivity contribution in [2.45, 2.75) is 12.8 Å². The summed E-state index contributed by atoms with van der Waals surface area (Å²) in [5.74, 6) is 1.76. The lowest BCUT2D eigenvalue weighted by molar-refractivity contribution is 0.248. The fraction of sp³-hybridized carbons (Fsp3) is 0.600. The summed E-state index contributed by atoms with van der Waals surface area (Å²) in [7, 11) is 1.67. The quantitative estimate of drug-likeness (QED) is 0.839. The van der Waals surface area contributed by atoms with Crippen molar-refractivity contribution in [3.05, 3.63) is 18.2 Å². The first-order valence-corrected chi connectivity index (χ1v) is 7.17. The monoisotopic (exact) mass is 261 g/mol. The first-order valence-electron chi connectivity index (χ1n) is 7.17. The Kier molecular flexibility index (Phi) is 3.51. The highest BCUT2D eigenvalue weighted by Crippen LogP contribution is 2.31. The molecular weight excluding hydrogens is 238 g/mol. The Morgan fingerprint density at radius 2 is 1.95 bits per heavy atom. The zero-order chi connectivity index (χ0) is 13.2. The molecule has 104 valence electrons. The summed E-state index contributed by atoms with van der Waals surface area (Å²) >= 11 is 0. The fourth-order valence-corrected chi connectivity index (χ4v) is 2.75. The molecule has 0 aromatic heterocycles. The highest BCUT2D eigenvalue weighted by atomic mass is 16.5. The van der Waals surface area contributed by atoms with E-state index in [1.54, 1.807) is 7.11 Å². The van der Waals surface area contributed by atoms with E-state index >= 15 is 0 Å². The van der Waals surface area contributed by atoms with E-state index in [4.69, 9.17) is 10.5 Å². The van der Waals surface area contributed by atoms with Gasteiger partial charge in [0.05, 0.1) is 12.8 Å². The van der Waals surface area contributed by atoms with Crippen molar-refractivity contribution in [2.75, 3.05) is 50.5 Å². The molecule has 4 heteroatoms. The Morgan fingerprint density at radius 1 is 1.21 bits per heavy atom. The number of hydrogen-bond donors (Lipinski definition) is 1. The van der Waals surface area contributed by atoms with Crippen LogP contribution >= 0.6 is 0 Å². The maximum atomic E-state index is 5.86. The second-order valence-electron chi connectivity index (χ2n) is 5.66. The number of ether oxygens (including phenoxy) is 1. The van der Waals surface area contributed by atoms with Gasteiger partial charge in [0.15, 0.2) is 0 Å². The lowest BCUT2D eigenvalue weighted by Gasteiger charge is -2.36. The molecule has 4 nitrogen and oxygen atoms in total. The number of nitrogens with two attached hydrogens (primary N) is 1. The van der Waals surface area contributed by atoms with Crippen LogP contribution in [0.4, 0.5) is 11.4 Å². The van der Waals surface area contributed by atoms with E-state index < -0.39 is 0 Å². The van der Waals surface area contributed by atoms with Gasteiger partial charge in [-0.3, -0.25) is 4.90 Å². The normalized spacial score (nSPS) is 20.6. The Balaban J connectivity index is 1.60. The fourth-order valence-electron chi connectivity index (χ4n) is 2.75. The Bertz CT molecular complexity index is 437. The van der Waals surface area contributed by atoms with Crippen LogP contribution in [0.15, 0.2) is 18.2 Å². The van der Waals surface area contributed by atoms with E-state index in [0.29, 0.717) is 5.69 Å². The Labute approximate surface area is 115 Å². The molecule has 0 atom stereocenters. The zero-order valence-corrected chi connectivity index (χ0v) is 11.6. The van der Waals surface area contributed by atoms with Crippen LogP contribution in [-0.2, 0) is 0 Å². The van der Waals surface area contributed by atoms with Crippen molar-refractivity contribution in [1.82, 2.24) is 4.90 Å². The minimum Gasteiger partial charge on any atom is -0.495 e. The van der Waals surface area contributed by atoms with Crippen LogP contribution in [0.25, 0.3) is 0 Å². The molecule has 1 saturated heterocycles. The van der Waals surface area contributed by atoms with Crippen molar-refractivity contribution in [3.63, 3.8) is 0 Å². The first-order chi connectivity index (χ1) is 9.26. The molecule has 1 heterocycles. The van der Waals surface area contributed by atoms with Gasteiger partial charge in [-0.15, -0.1) is 0 Å². The summed E-state index contributed by atoms with van der Waals surface area (Å²) in [6.07, 6.45) is 2.88. The minimum absolute atomic E-state index is 0.707. The van der Waals surface area contributed by atoms with E-state index in [-0.39, 0.29) is 0 Å². The third kappa shape index (κ3) is 2.95. The average Bonchev–Trinajstić information content (AvgIpc) is 3.24. The lowest BCUT2D eigenvalue weighted by Crippen LogP contribution is -2.47. The first kappa shape index (κ1) is 12.6. The molecule has 0 spiro atoms. The molecule has 2 fully saturated rings. The molecule has 0 radical (unpaired) electrons. The van der Waals surface area contributed by atoms with Crippen LogP contribution in [0.1, 0.15) is 12.8 Å². The molecule has 0 unspecified atom stereocenters. The van der Waals surface area contributed by atoms with Crippen molar-refractivity contribution >= 4 is 11.4 Å². The van der Waals surface area contributed by atoms with Crippen LogP contribution in [0.2, 0.25) is 0 Å². The van der Waals surface area contributed by atoms with Gasteiger partial charge < -0.3 is 15.4 Å². The van der Waals surface area contributed by atoms with Crippen molar-refractivity contribution in [1.29, 1.82) is 0 Å². The second kappa shape index (κ2) is 5.29. The van der Waals surface area contributed by atoms with Gasteiger partial charge in [-0.2, -0.15) is 0 Å². The number of piperazine rings is 1. The second-order valence-corrected chi connectivity index (χ2v) is 5.66. The minimum atomic E-state index is 0.707. The molecule has 1 aliphatic carbocycles. The highest BCUT2D eigenvalue weighted by molar-refractivity contribution is 5.62. The number of nitrogen functional groups attached to an aromatic ring is 1. The summed E-state index contributed by atoms with van der Waals surface area (Å²) in [6, 6.07) is 6.07. The van der Waals surface area contributed by atoms with Crippen LogP contribution in [0.3, 0.4) is 0 Å². The van der Waals surface area contributed by atoms with Gasteiger partial charge in [-0.25, -0.2) is 0 Å². The maximum Gasteiger partial charge on any atom is 0.143 e. The van der Waals surface area contributed by atoms with E-state index in [0.717, 1.165) is 24.8 Å². The third-order valence-electron chi connectivity index (χ3n) is 4.17. The maximum absolute atomic E-state index is 5.86. The largest absolute Gasteiger partial charge is 0.495 e. The van der Waals surface area contributed by atoms with E-state index in [2.05, 4.69) is 15.9 Å². The van der Waals surface area contributed by atoms with Crippen LogP contribution in [0.5, 0.6) is 5.75 Å². The molecule has 0 amide bonds. The summed E-state index contributed by atoms with van der Waals surface area (Å²) in [6.45, 7) is 5.84. The molecule has 1 aromatic carbocycles. The predicted octanol–water partition coefficient (Wildman–Crippen LogP) is 1.81. The van der Waals surface area contributed by atoms with Crippen molar-refractivity contribution in [2.24, 2.45) is 5.92 Å². The van der Waals surface area contributed by atoms with Crippen molar-refractivity contribution < 1.29 is 4.74 Å². The lowest BCUT2D eigenvalue weighted by atomic mass is 10.2. The number of anilines is 2. The van der Waals surface area contributed by atoms with Gasteiger partial charge in [-0.1, -0.05) is 0 Å². The SMILES string of the molecule is COc1cc(N2CCN(CC3CC3)CC2)ccc1N. The van der Waals surface area contributed by atoms with Gasteiger partial charge in [0.2, 0.25) is 0 Å². The average molecular weight is 261 g/mol. The number of methoxy groups -OCH3 is 1. The van der Waals surface area contributed by atoms with Crippen LogP contribution in [0, 0.1) is 5.92 Å². The van der Waals surface area contributed by atoms with E-state index in [1.165, 1.54) is 38.2 Å². The van der Waals surface area contributed by atoms with Crippen LogP contribution in [-0.4, -0.2) is 44.7 Å². The number of hydrogen-bond acceptors (Lipinski definition) is 4.